The van der Waals surface area contributed by atoms with Gasteiger partial charge in [-0.15, -0.1) is 0 Å². The normalized spacial score (nSPS) is 10.7. The molecule has 3 aromatic rings. The summed E-state index contributed by atoms with van der Waals surface area (Å²) in [6.45, 7) is 3.80. The number of benzene rings is 2. The molecule has 2 aromatic carbocycles. The van der Waals surface area contributed by atoms with Gasteiger partial charge >= 0.3 is 5.97 Å². The number of rotatable bonds is 3. The second-order valence-electron chi connectivity index (χ2n) is 5.56. The van der Waals surface area contributed by atoms with E-state index in [1.54, 1.807) is 16.8 Å². The Morgan fingerprint density at radius 2 is 1.83 bits per heavy atom. The van der Waals surface area contributed by atoms with Crippen LogP contribution in [0.15, 0.2) is 48.5 Å². The first-order valence-corrected chi connectivity index (χ1v) is 7.52. The van der Waals surface area contributed by atoms with Crippen LogP contribution in [0.1, 0.15) is 21.6 Å². The van der Waals surface area contributed by atoms with Crippen molar-refractivity contribution < 1.29 is 13.9 Å². The Hall–Kier alpha value is -2.95. The summed E-state index contributed by atoms with van der Waals surface area (Å²) in [4.78, 5) is 12.3. The van der Waals surface area contributed by atoms with Gasteiger partial charge in [-0.2, -0.15) is 5.10 Å². The minimum atomic E-state index is -0.467. The molecule has 4 nitrogen and oxygen atoms in total. The van der Waals surface area contributed by atoms with Crippen molar-refractivity contribution in [3.63, 3.8) is 0 Å². The summed E-state index contributed by atoms with van der Waals surface area (Å²) in [5.41, 5.74) is 4.13. The van der Waals surface area contributed by atoms with E-state index in [1.165, 1.54) is 19.2 Å². The van der Waals surface area contributed by atoms with Crippen molar-refractivity contribution in [2.75, 3.05) is 7.11 Å². The molecule has 0 unspecified atom stereocenters. The highest BCUT2D eigenvalue weighted by Crippen LogP contribution is 2.28. The molecular weight excluding hydrogens is 307 g/mol. The van der Waals surface area contributed by atoms with Gasteiger partial charge in [-0.3, -0.25) is 0 Å². The van der Waals surface area contributed by atoms with Gasteiger partial charge in [0.2, 0.25) is 0 Å². The SMILES string of the molecule is COC(=O)c1c(-c2ccc(F)cc2)nn(-c2cccc(C)c2)c1C. The lowest BCUT2D eigenvalue weighted by Gasteiger charge is -2.05. The molecule has 0 atom stereocenters. The van der Waals surface area contributed by atoms with E-state index in [-0.39, 0.29) is 5.82 Å². The zero-order chi connectivity index (χ0) is 17.3. The number of hydrogen-bond acceptors (Lipinski definition) is 3. The summed E-state index contributed by atoms with van der Waals surface area (Å²) < 4.78 is 19.8. The van der Waals surface area contributed by atoms with Gasteiger partial charge < -0.3 is 4.74 Å². The number of methoxy groups -OCH3 is 1. The van der Waals surface area contributed by atoms with Crippen molar-refractivity contribution in [1.82, 2.24) is 9.78 Å². The number of halogens is 1. The summed E-state index contributed by atoms with van der Waals surface area (Å²) in [5, 5.41) is 4.58. The third-order valence-corrected chi connectivity index (χ3v) is 3.87. The maximum Gasteiger partial charge on any atom is 0.342 e. The number of carbonyl (C=O) groups excluding carboxylic acids is 1. The van der Waals surface area contributed by atoms with Crippen LogP contribution < -0.4 is 0 Å². The molecule has 1 aromatic heterocycles. The first-order chi connectivity index (χ1) is 11.5. The van der Waals surface area contributed by atoms with Crippen molar-refractivity contribution in [3.05, 3.63) is 71.2 Å². The zero-order valence-electron chi connectivity index (χ0n) is 13.7. The fourth-order valence-corrected chi connectivity index (χ4v) is 2.67. The lowest BCUT2D eigenvalue weighted by atomic mass is 10.1. The second kappa shape index (κ2) is 6.28. The fourth-order valence-electron chi connectivity index (χ4n) is 2.67. The van der Waals surface area contributed by atoms with E-state index in [2.05, 4.69) is 5.10 Å². The number of esters is 1. The average molecular weight is 324 g/mol. The van der Waals surface area contributed by atoms with Gasteiger partial charge in [0, 0.05) is 5.56 Å². The molecule has 5 heteroatoms. The van der Waals surface area contributed by atoms with E-state index >= 15 is 0 Å². The van der Waals surface area contributed by atoms with Gasteiger partial charge in [-0.05, 0) is 55.8 Å². The summed E-state index contributed by atoms with van der Waals surface area (Å²) in [6, 6.07) is 13.7. The Kier molecular flexibility index (Phi) is 4.16. The first kappa shape index (κ1) is 15.9. The van der Waals surface area contributed by atoms with Crippen LogP contribution in [0.3, 0.4) is 0 Å². The minimum absolute atomic E-state index is 0.340. The molecule has 0 bridgehead atoms. The molecule has 0 fully saturated rings. The van der Waals surface area contributed by atoms with Gasteiger partial charge in [-0.1, -0.05) is 12.1 Å². The van der Waals surface area contributed by atoms with Gasteiger partial charge in [0.25, 0.3) is 0 Å². The summed E-state index contributed by atoms with van der Waals surface area (Å²) in [5.74, 6) is -0.807. The van der Waals surface area contributed by atoms with E-state index < -0.39 is 5.97 Å². The topological polar surface area (TPSA) is 44.1 Å². The van der Waals surface area contributed by atoms with Gasteiger partial charge in [0.1, 0.15) is 17.1 Å². The maximum absolute atomic E-state index is 13.2. The van der Waals surface area contributed by atoms with Gasteiger partial charge in [0.15, 0.2) is 0 Å². The Bertz CT molecular complexity index is 898. The second-order valence-corrected chi connectivity index (χ2v) is 5.56. The van der Waals surface area contributed by atoms with Gasteiger partial charge in [-0.25, -0.2) is 13.9 Å². The average Bonchev–Trinajstić information content (AvgIpc) is 2.92. The standard InChI is InChI=1S/C19H17FN2O2/c1-12-5-4-6-16(11-12)22-13(2)17(19(23)24-3)18(21-22)14-7-9-15(20)10-8-14/h4-11H,1-3H3. The molecule has 0 spiro atoms. The first-order valence-electron chi connectivity index (χ1n) is 7.52. The monoisotopic (exact) mass is 324 g/mol. The molecule has 24 heavy (non-hydrogen) atoms. The van der Waals surface area contributed by atoms with Crippen LogP contribution in [-0.2, 0) is 4.74 Å². The Balaban J connectivity index is 2.23. The highest BCUT2D eigenvalue weighted by Gasteiger charge is 2.23. The highest BCUT2D eigenvalue weighted by atomic mass is 19.1. The molecule has 0 amide bonds. The zero-order valence-corrected chi connectivity index (χ0v) is 13.7. The molecular formula is C19H17FN2O2. The van der Waals surface area contributed by atoms with Crippen LogP contribution in [0, 0.1) is 19.7 Å². The minimum Gasteiger partial charge on any atom is -0.465 e. The van der Waals surface area contributed by atoms with Crippen molar-refractivity contribution in [3.8, 4) is 16.9 Å². The molecule has 0 saturated carbocycles. The fraction of sp³-hybridized carbons (Fsp3) is 0.158. The number of nitrogens with zero attached hydrogens (tertiary/aromatic N) is 2. The van der Waals surface area contributed by atoms with Gasteiger partial charge in [0.05, 0.1) is 18.5 Å². The van der Waals surface area contributed by atoms with E-state index in [4.69, 9.17) is 4.74 Å². The highest BCUT2D eigenvalue weighted by molar-refractivity contribution is 5.97. The molecule has 0 saturated heterocycles. The van der Waals surface area contributed by atoms with Crippen LogP contribution in [0.5, 0.6) is 0 Å². The summed E-state index contributed by atoms with van der Waals surface area (Å²) in [7, 11) is 1.33. The Morgan fingerprint density at radius 1 is 1.12 bits per heavy atom. The largest absolute Gasteiger partial charge is 0.465 e. The summed E-state index contributed by atoms with van der Waals surface area (Å²) >= 11 is 0. The smallest absolute Gasteiger partial charge is 0.342 e. The Morgan fingerprint density at radius 3 is 2.46 bits per heavy atom. The molecule has 0 N–H and O–H groups in total. The van der Waals surface area contributed by atoms with Crippen LogP contribution in [0.25, 0.3) is 16.9 Å². The molecule has 0 radical (unpaired) electrons. The van der Waals surface area contributed by atoms with E-state index in [0.29, 0.717) is 22.5 Å². The van der Waals surface area contributed by atoms with Crippen LogP contribution in [0.2, 0.25) is 0 Å². The number of carbonyl (C=O) groups is 1. The van der Waals surface area contributed by atoms with E-state index in [0.717, 1.165) is 11.3 Å². The lowest BCUT2D eigenvalue weighted by Crippen LogP contribution is -2.05. The van der Waals surface area contributed by atoms with Crippen LogP contribution in [0.4, 0.5) is 4.39 Å². The molecule has 0 aliphatic heterocycles. The van der Waals surface area contributed by atoms with Crippen LogP contribution >= 0.6 is 0 Å². The molecule has 0 aliphatic rings. The number of aryl methyl sites for hydroxylation is 1. The summed E-state index contributed by atoms with van der Waals surface area (Å²) in [6.07, 6.45) is 0. The van der Waals surface area contributed by atoms with Crippen LogP contribution in [-0.4, -0.2) is 22.9 Å². The van der Waals surface area contributed by atoms with E-state index in [9.17, 15) is 9.18 Å². The van der Waals surface area contributed by atoms with Crippen molar-refractivity contribution in [1.29, 1.82) is 0 Å². The third-order valence-electron chi connectivity index (χ3n) is 3.87. The Labute approximate surface area is 139 Å². The molecule has 122 valence electrons. The molecule has 3 rings (SSSR count). The number of hydrogen-bond donors (Lipinski definition) is 0. The number of aromatic nitrogens is 2. The maximum atomic E-state index is 13.2. The van der Waals surface area contributed by atoms with Crippen molar-refractivity contribution >= 4 is 5.97 Å². The quantitative estimate of drug-likeness (QED) is 0.682. The van der Waals surface area contributed by atoms with Crippen molar-refractivity contribution in [2.24, 2.45) is 0 Å². The molecule has 0 aliphatic carbocycles. The molecule has 1 heterocycles. The van der Waals surface area contributed by atoms with E-state index in [1.807, 2.05) is 38.1 Å². The number of ether oxygens (including phenoxy) is 1. The lowest BCUT2D eigenvalue weighted by molar-refractivity contribution is 0.0600. The third kappa shape index (κ3) is 2.80. The van der Waals surface area contributed by atoms with Crippen molar-refractivity contribution in [2.45, 2.75) is 13.8 Å². The predicted octanol–water partition coefficient (Wildman–Crippen LogP) is 4.08. The predicted molar refractivity (Wildman–Crippen MR) is 89.8 cm³/mol.